The van der Waals surface area contributed by atoms with Crippen molar-refractivity contribution in [3.63, 3.8) is 0 Å². The van der Waals surface area contributed by atoms with Gasteiger partial charge in [-0.15, -0.1) is 10.2 Å². The van der Waals surface area contributed by atoms with Crippen LogP contribution < -0.4 is 5.32 Å². The number of nitrogens with one attached hydrogen (secondary N) is 1. The van der Waals surface area contributed by atoms with Crippen molar-refractivity contribution in [2.45, 2.75) is 6.54 Å². The van der Waals surface area contributed by atoms with Crippen LogP contribution in [0.15, 0.2) is 11.6 Å². The molecule has 12 heavy (non-hydrogen) atoms. The van der Waals surface area contributed by atoms with Gasteiger partial charge in [0.15, 0.2) is 5.82 Å². The van der Waals surface area contributed by atoms with E-state index in [-0.39, 0.29) is 0 Å². The van der Waals surface area contributed by atoms with Crippen molar-refractivity contribution in [3.8, 4) is 0 Å². The fourth-order valence-corrected chi connectivity index (χ4v) is 0.799. The number of aromatic nitrogens is 4. The van der Waals surface area contributed by atoms with Crippen molar-refractivity contribution < 1.29 is 0 Å². The van der Waals surface area contributed by atoms with Gasteiger partial charge in [0, 0.05) is 11.6 Å². The monoisotopic (exact) mass is 187 g/mol. The lowest BCUT2D eigenvalue weighted by molar-refractivity contribution is 0.624. The molecular formula is C6H10ClN5. The summed E-state index contributed by atoms with van der Waals surface area (Å²) in [7, 11) is 1.72. The Balaban J connectivity index is 2.29. The SMILES string of the molecule is C=C(Cl)CNCc1nnn(C)n1. The van der Waals surface area contributed by atoms with Crippen LogP contribution in [0.3, 0.4) is 0 Å². The van der Waals surface area contributed by atoms with E-state index in [0.717, 1.165) is 0 Å². The van der Waals surface area contributed by atoms with Gasteiger partial charge < -0.3 is 5.32 Å². The standard InChI is InChI=1S/C6H10ClN5/c1-5(7)3-8-4-6-9-11-12(2)10-6/h8H,1,3-4H2,2H3. The van der Waals surface area contributed by atoms with E-state index in [0.29, 0.717) is 23.9 Å². The molecule has 66 valence electrons. The number of hydrogen-bond donors (Lipinski definition) is 1. The molecule has 1 N–H and O–H groups in total. The van der Waals surface area contributed by atoms with Gasteiger partial charge >= 0.3 is 0 Å². The van der Waals surface area contributed by atoms with Crippen LogP contribution in [0.25, 0.3) is 0 Å². The van der Waals surface area contributed by atoms with Crippen LogP contribution in [-0.4, -0.2) is 26.8 Å². The molecule has 0 saturated carbocycles. The molecule has 0 aromatic carbocycles. The molecule has 0 unspecified atom stereocenters. The Morgan fingerprint density at radius 3 is 3.00 bits per heavy atom. The van der Waals surface area contributed by atoms with Gasteiger partial charge in [-0.3, -0.25) is 0 Å². The molecule has 0 aliphatic rings. The Bertz CT molecular complexity index is 269. The fraction of sp³-hybridized carbons (Fsp3) is 0.500. The maximum atomic E-state index is 5.53. The largest absolute Gasteiger partial charge is 0.305 e. The minimum Gasteiger partial charge on any atom is -0.305 e. The zero-order valence-corrected chi connectivity index (χ0v) is 7.54. The first-order valence-electron chi connectivity index (χ1n) is 3.45. The molecule has 0 aliphatic heterocycles. The molecular weight excluding hydrogens is 178 g/mol. The van der Waals surface area contributed by atoms with Gasteiger partial charge in [0.1, 0.15) is 0 Å². The number of hydrogen-bond acceptors (Lipinski definition) is 4. The summed E-state index contributed by atoms with van der Waals surface area (Å²) in [6, 6.07) is 0. The van der Waals surface area contributed by atoms with E-state index in [2.05, 4.69) is 27.3 Å². The fourth-order valence-electron chi connectivity index (χ4n) is 0.704. The molecule has 6 heteroatoms. The second-order valence-electron chi connectivity index (χ2n) is 2.32. The van der Waals surface area contributed by atoms with Crippen LogP contribution in [0.5, 0.6) is 0 Å². The second-order valence-corrected chi connectivity index (χ2v) is 2.85. The summed E-state index contributed by atoms with van der Waals surface area (Å²) in [5.41, 5.74) is 0. The maximum Gasteiger partial charge on any atom is 0.188 e. The van der Waals surface area contributed by atoms with E-state index in [9.17, 15) is 0 Å². The zero-order chi connectivity index (χ0) is 8.97. The van der Waals surface area contributed by atoms with Crippen LogP contribution in [0, 0.1) is 0 Å². The second kappa shape index (κ2) is 4.18. The molecule has 0 saturated heterocycles. The summed E-state index contributed by atoms with van der Waals surface area (Å²) in [5, 5.41) is 15.0. The van der Waals surface area contributed by atoms with Gasteiger partial charge in [-0.25, -0.2) is 0 Å². The van der Waals surface area contributed by atoms with Crippen molar-refractivity contribution in [3.05, 3.63) is 17.4 Å². The molecule has 0 fully saturated rings. The summed E-state index contributed by atoms with van der Waals surface area (Å²) < 4.78 is 0. The van der Waals surface area contributed by atoms with E-state index in [1.54, 1.807) is 7.05 Å². The third-order valence-corrected chi connectivity index (χ3v) is 1.28. The summed E-state index contributed by atoms with van der Waals surface area (Å²) in [6.07, 6.45) is 0. The summed E-state index contributed by atoms with van der Waals surface area (Å²) in [6.45, 7) is 4.64. The predicted molar refractivity (Wildman–Crippen MR) is 45.5 cm³/mol. The van der Waals surface area contributed by atoms with Crippen molar-refractivity contribution >= 4 is 11.6 Å². The number of halogens is 1. The van der Waals surface area contributed by atoms with E-state index < -0.39 is 0 Å². The summed E-state index contributed by atoms with van der Waals surface area (Å²) >= 11 is 5.53. The molecule has 0 amide bonds. The first-order chi connectivity index (χ1) is 5.68. The molecule has 0 spiro atoms. The van der Waals surface area contributed by atoms with E-state index in [1.807, 2.05) is 0 Å². The van der Waals surface area contributed by atoms with Crippen molar-refractivity contribution in [1.82, 2.24) is 25.5 Å². The predicted octanol–water partition coefficient (Wildman–Crippen LogP) is 0.0522. The van der Waals surface area contributed by atoms with Gasteiger partial charge in [0.05, 0.1) is 13.6 Å². The van der Waals surface area contributed by atoms with Gasteiger partial charge in [0.2, 0.25) is 0 Å². The average Bonchev–Trinajstić information content (AvgIpc) is 2.35. The lowest BCUT2D eigenvalue weighted by Gasteiger charge is -1.97. The van der Waals surface area contributed by atoms with Crippen LogP contribution in [0.4, 0.5) is 0 Å². The average molecular weight is 188 g/mol. The van der Waals surface area contributed by atoms with Crippen LogP contribution in [0.1, 0.15) is 5.82 Å². The Labute approximate surface area is 75.4 Å². The van der Waals surface area contributed by atoms with Crippen LogP contribution in [0.2, 0.25) is 0 Å². The number of tetrazole rings is 1. The number of aryl methyl sites for hydroxylation is 1. The van der Waals surface area contributed by atoms with Gasteiger partial charge in [-0.1, -0.05) is 18.2 Å². The topological polar surface area (TPSA) is 55.6 Å². The first kappa shape index (κ1) is 9.15. The maximum absolute atomic E-state index is 5.53. The Kier molecular flexibility index (Phi) is 3.19. The highest BCUT2D eigenvalue weighted by atomic mass is 35.5. The Hall–Kier alpha value is -0.940. The molecule has 5 nitrogen and oxygen atoms in total. The van der Waals surface area contributed by atoms with E-state index in [1.165, 1.54) is 4.80 Å². The van der Waals surface area contributed by atoms with Gasteiger partial charge in [-0.05, 0) is 5.21 Å². The van der Waals surface area contributed by atoms with E-state index in [4.69, 9.17) is 11.6 Å². The summed E-state index contributed by atoms with van der Waals surface area (Å²) in [5.74, 6) is 0.649. The highest BCUT2D eigenvalue weighted by Crippen LogP contribution is 1.93. The van der Waals surface area contributed by atoms with Crippen LogP contribution in [-0.2, 0) is 13.6 Å². The molecule has 0 bridgehead atoms. The number of nitrogens with zero attached hydrogens (tertiary/aromatic N) is 4. The quantitative estimate of drug-likeness (QED) is 0.724. The highest BCUT2D eigenvalue weighted by molar-refractivity contribution is 6.29. The zero-order valence-electron chi connectivity index (χ0n) is 6.79. The molecule has 1 heterocycles. The minimum atomic E-state index is 0.555. The molecule has 0 radical (unpaired) electrons. The molecule has 1 aromatic heterocycles. The molecule has 0 atom stereocenters. The van der Waals surface area contributed by atoms with Gasteiger partial charge in [-0.2, -0.15) is 4.80 Å². The van der Waals surface area contributed by atoms with Crippen molar-refractivity contribution in [2.75, 3.05) is 6.54 Å². The normalized spacial score (nSPS) is 10.2. The highest BCUT2D eigenvalue weighted by Gasteiger charge is 1.98. The van der Waals surface area contributed by atoms with E-state index >= 15 is 0 Å². The summed E-state index contributed by atoms with van der Waals surface area (Å²) in [4.78, 5) is 1.41. The van der Waals surface area contributed by atoms with Gasteiger partial charge in [0.25, 0.3) is 0 Å². The Morgan fingerprint density at radius 1 is 1.75 bits per heavy atom. The molecule has 1 rings (SSSR count). The first-order valence-corrected chi connectivity index (χ1v) is 3.83. The number of rotatable bonds is 4. The van der Waals surface area contributed by atoms with Crippen molar-refractivity contribution in [1.29, 1.82) is 0 Å². The lowest BCUT2D eigenvalue weighted by Crippen LogP contribution is -2.15. The third kappa shape index (κ3) is 2.98. The molecule has 1 aromatic rings. The Morgan fingerprint density at radius 2 is 2.50 bits per heavy atom. The smallest absolute Gasteiger partial charge is 0.188 e. The lowest BCUT2D eigenvalue weighted by atomic mass is 10.5. The minimum absolute atomic E-state index is 0.555. The van der Waals surface area contributed by atoms with Crippen LogP contribution >= 0.6 is 11.6 Å². The van der Waals surface area contributed by atoms with Crippen molar-refractivity contribution in [2.24, 2.45) is 7.05 Å². The third-order valence-electron chi connectivity index (χ3n) is 1.15. The molecule has 0 aliphatic carbocycles.